The highest BCUT2D eigenvalue weighted by molar-refractivity contribution is 5.79. The molecule has 1 atom stereocenters. The number of nitrogens with zero attached hydrogens (tertiary/aromatic N) is 3. The molecule has 6 nitrogen and oxygen atoms in total. The number of aromatic nitrogens is 1. The quantitative estimate of drug-likeness (QED) is 0.622. The second kappa shape index (κ2) is 9.88. The summed E-state index contributed by atoms with van der Waals surface area (Å²) in [6.07, 6.45) is 9.86. The minimum absolute atomic E-state index is 0.319. The van der Waals surface area contributed by atoms with Gasteiger partial charge in [-0.1, -0.05) is 0 Å². The number of likely N-dealkylation sites (tertiary alicyclic amines) is 1. The third kappa shape index (κ3) is 5.42. The molecular weight excluding hydrogens is 328 g/mol. The van der Waals surface area contributed by atoms with E-state index in [1.165, 1.54) is 17.5 Å². The molecule has 0 radical (unpaired) electrons. The molecule has 0 spiro atoms. The summed E-state index contributed by atoms with van der Waals surface area (Å²) in [6, 6.07) is 2.09. The molecule has 26 heavy (non-hydrogen) atoms. The lowest BCUT2D eigenvalue weighted by molar-refractivity contribution is -0.0367. The highest BCUT2D eigenvalue weighted by Crippen LogP contribution is 2.17. The van der Waals surface area contributed by atoms with Crippen LogP contribution in [-0.2, 0) is 15.9 Å². The fraction of sp³-hybridized carbons (Fsp3) is 0.700. The standard InChI is InChI=1S/C20H32N4O2/c1-16-14-22-9-5-17(16)6-10-23-20(21-2)24-11-7-18(8-12-24)26-15-19-4-3-13-25-19/h5,9,14,18-19H,3-4,6-8,10-13,15H2,1-2H3,(H,21,23). The molecule has 2 aliphatic heterocycles. The minimum atomic E-state index is 0.319. The number of guanidine groups is 1. The molecule has 0 bridgehead atoms. The molecule has 0 aromatic carbocycles. The number of aliphatic imine (C=N–C) groups is 1. The monoisotopic (exact) mass is 360 g/mol. The van der Waals surface area contributed by atoms with Crippen molar-refractivity contribution in [3.05, 3.63) is 29.6 Å². The first kappa shape index (κ1) is 19.1. The van der Waals surface area contributed by atoms with Crippen LogP contribution in [0.3, 0.4) is 0 Å². The van der Waals surface area contributed by atoms with E-state index in [9.17, 15) is 0 Å². The van der Waals surface area contributed by atoms with Crippen LogP contribution < -0.4 is 5.32 Å². The number of aryl methyl sites for hydroxylation is 1. The minimum Gasteiger partial charge on any atom is -0.376 e. The van der Waals surface area contributed by atoms with E-state index in [4.69, 9.17) is 9.47 Å². The fourth-order valence-electron chi connectivity index (χ4n) is 3.68. The van der Waals surface area contributed by atoms with Crippen LogP contribution in [0.15, 0.2) is 23.5 Å². The maximum Gasteiger partial charge on any atom is 0.193 e. The number of piperidine rings is 1. The van der Waals surface area contributed by atoms with Crippen molar-refractivity contribution in [3.8, 4) is 0 Å². The Morgan fingerprint density at radius 2 is 2.23 bits per heavy atom. The zero-order chi connectivity index (χ0) is 18.2. The van der Waals surface area contributed by atoms with Crippen molar-refractivity contribution in [1.29, 1.82) is 0 Å². The van der Waals surface area contributed by atoms with Crippen LogP contribution in [0.5, 0.6) is 0 Å². The molecule has 144 valence electrons. The van der Waals surface area contributed by atoms with Gasteiger partial charge in [-0.15, -0.1) is 0 Å². The van der Waals surface area contributed by atoms with E-state index in [1.807, 2.05) is 19.4 Å². The van der Waals surface area contributed by atoms with Crippen LogP contribution >= 0.6 is 0 Å². The molecule has 2 fully saturated rings. The molecule has 1 aromatic heterocycles. The summed E-state index contributed by atoms with van der Waals surface area (Å²) in [5, 5.41) is 3.50. The van der Waals surface area contributed by atoms with Crippen molar-refractivity contribution in [1.82, 2.24) is 15.2 Å². The molecule has 0 aliphatic carbocycles. The second-order valence-corrected chi connectivity index (χ2v) is 7.18. The van der Waals surface area contributed by atoms with E-state index < -0.39 is 0 Å². The molecule has 1 N–H and O–H groups in total. The third-order valence-corrected chi connectivity index (χ3v) is 5.31. The summed E-state index contributed by atoms with van der Waals surface area (Å²) in [7, 11) is 1.86. The van der Waals surface area contributed by atoms with Crippen molar-refractivity contribution < 1.29 is 9.47 Å². The van der Waals surface area contributed by atoms with Gasteiger partial charge in [-0.25, -0.2) is 0 Å². The van der Waals surface area contributed by atoms with Gasteiger partial charge in [-0.3, -0.25) is 9.98 Å². The Morgan fingerprint density at radius 1 is 1.38 bits per heavy atom. The Labute approximate surface area is 157 Å². The van der Waals surface area contributed by atoms with Crippen LogP contribution in [0.1, 0.15) is 36.8 Å². The molecule has 0 saturated carbocycles. The average Bonchev–Trinajstić information content (AvgIpc) is 3.19. The normalized spacial score (nSPS) is 22.0. The van der Waals surface area contributed by atoms with Gasteiger partial charge in [0.05, 0.1) is 18.8 Å². The van der Waals surface area contributed by atoms with Gasteiger partial charge in [-0.05, 0) is 56.2 Å². The summed E-state index contributed by atoms with van der Waals surface area (Å²) < 4.78 is 11.7. The summed E-state index contributed by atoms with van der Waals surface area (Å²) in [5.74, 6) is 0.995. The first-order valence-corrected chi connectivity index (χ1v) is 9.84. The Balaban J connectivity index is 1.37. The van der Waals surface area contributed by atoms with E-state index in [2.05, 4.69) is 33.2 Å². The molecule has 0 amide bonds. The first-order valence-electron chi connectivity index (χ1n) is 9.84. The number of nitrogens with one attached hydrogen (secondary N) is 1. The smallest absolute Gasteiger partial charge is 0.193 e. The molecule has 6 heteroatoms. The zero-order valence-electron chi connectivity index (χ0n) is 16.1. The summed E-state index contributed by atoms with van der Waals surface area (Å²) in [4.78, 5) is 10.9. The van der Waals surface area contributed by atoms with E-state index in [1.54, 1.807) is 0 Å². The number of hydrogen-bond donors (Lipinski definition) is 1. The number of ether oxygens (including phenoxy) is 2. The van der Waals surface area contributed by atoms with Crippen molar-refractivity contribution in [2.24, 2.45) is 4.99 Å². The Bertz CT molecular complexity index is 579. The van der Waals surface area contributed by atoms with Gasteiger partial charge >= 0.3 is 0 Å². The topological polar surface area (TPSA) is 59.0 Å². The molecular formula is C20H32N4O2. The van der Waals surface area contributed by atoms with Crippen molar-refractivity contribution in [2.75, 3.05) is 39.9 Å². The predicted octanol–water partition coefficient (Wildman–Crippen LogP) is 2.17. The fourth-order valence-corrected chi connectivity index (χ4v) is 3.68. The van der Waals surface area contributed by atoms with E-state index in [0.717, 1.165) is 64.5 Å². The molecule has 1 unspecified atom stereocenters. The van der Waals surface area contributed by atoms with E-state index in [0.29, 0.717) is 12.2 Å². The molecule has 3 rings (SSSR count). The van der Waals surface area contributed by atoms with E-state index >= 15 is 0 Å². The first-order chi connectivity index (χ1) is 12.8. The number of hydrogen-bond acceptors (Lipinski definition) is 4. The van der Waals surface area contributed by atoms with Gasteiger partial charge < -0.3 is 19.7 Å². The lowest BCUT2D eigenvalue weighted by atomic mass is 10.1. The number of pyridine rings is 1. The zero-order valence-corrected chi connectivity index (χ0v) is 16.1. The van der Waals surface area contributed by atoms with Gasteiger partial charge in [0.2, 0.25) is 0 Å². The lowest BCUT2D eigenvalue weighted by Gasteiger charge is -2.34. The van der Waals surface area contributed by atoms with Crippen LogP contribution in [-0.4, -0.2) is 67.9 Å². The van der Waals surface area contributed by atoms with Gasteiger partial charge in [-0.2, -0.15) is 0 Å². The highest BCUT2D eigenvalue weighted by Gasteiger charge is 2.24. The Kier molecular flexibility index (Phi) is 7.26. The van der Waals surface area contributed by atoms with Crippen LogP contribution in [0, 0.1) is 6.92 Å². The lowest BCUT2D eigenvalue weighted by Crippen LogP contribution is -2.47. The summed E-state index contributed by atoms with van der Waals surface area (Å²) in [6.45, 7) is 6.62. The van der Waals surface area contributed by atoms with Crippen molar-refractivity contribution in [3.63, 3.8) is 0 Å². The number of rotatable bonds is 6. The van der Waals surface area contributed by atoms with E-state index in [-0.39, 0.29) is 0 Å². The second-order valence-electron chi connectivity index (χ2n) is 7.18. The summed E-state index contributed by atoms with van der Waals surface area (Å²) in [5.41, 5.74) is 2.58. The molecule has 2 aliphatic rings. The third-order valence-electron chi connectivity index (χ3n) is 5.31. The highest BCUT2D eigenvalue weighted by atomic mass is 16.5. The largest absolute Gasteiger partial charge is 0.376 e. The van der Waals surface area contributed by atoms with Crippen LogP contribution in [0.4, 0.5) is 0 Å². The predicted molar refractivity (Wildman–Crippen MR) is 104 cm³/mol. The Morgan fingerprint density at radius 3 is 2.92 bits per heavy atom. The maximum absolute atomic E-state index is 6.06. The SMILES string of the molecule is CN=C(NCCc1ccncc1C)N1CCC(OCC2CCCO2)CC1. The van der Waals surface area contributed by atoms with Crippen molar-refractivity contribution >= 4 is 5.96 Å². The molecule has 3 heterocycles. The van der Waals surface area contributed by atoms with Crippen molar-refractivity contribution in [2.45, 2.75) is 51.2 Å². The average molecular weight is 361 g/mol. The Hall–Kier alpha value is -1.66. The van der Waals surface area contributed by atoms with Gasteiger partial charge in [0.1, 0.15) is 0 Å². The van der Waals surface area contributed by atoms with Crippen LogP contribution in [0.25, 0.3) is 0 Å². The van der Waals surface area contributed by atoms with Gasteiger partial charge in [0.25, 0.3) is 0 Å². The molecule has 1 aromatic rings. The van der Waals surface area contributed by atoms with Gasteiger partial charge in [0.15, 0.2) is 5.96 Å². The van der Waals surface area contributed by atoms with Gasteiger partial charge in [0, 0.05) is 45.7 Å². The maximum atomic E-state index is 6.06. The summed E-state index contributed by atoms with van der Waals surface area (Å²) >= 11 is 0. The molecule has 2 saturated heterocycles. The van der Waals surface area contributed by atoms with Crippen LogP contribution in [0.2, 0.25) is 0 Å².